The minimum atomic E-state index is 0.0240. The lowest BCUT2D eigenvalue weighted by atomic mass is 9.95. The third kappa shape index (κ3) is 3.00. The lowest BCUT2D eigenvalue weighted by Crippen LogP contribution is -2.33. The molecule has 0 atom stereocenters. The van der Waals surface area contributed by atoms with E-state index in [-0.39, 0.29) is 5.78 Å². The molecule has 2 aromatic carbocycles. The second-order valence-electron chi connectivity index (χ2n) is 7.63. The molecule has 4 aromatic rings. The molecule has 0 bridgehead atoms. The molecule has 148 valence electrons. The zero-order chi connectivity index (χ0) is 20.0. The highest BCUT2D eigenvalue weighted by molar-refractivity contribution is 6.17. The Balaban J connectivity index is 1.56. The Morgan fingerprint density at radius 3 is 2.79 bits per heavy atom. The van der Waals surface area contributed by atoms with Crippen molar-refractivity contribution >= 4 is 27.5 Å². The molecule has 0 unspecified atom stereocenters. The van der Waals surface area contributed by atoms with E-state index >= 15 is 0 Å². The molecule has 6 nitrogen and oxygen atoms in total. The average molecular weight is 389 g/mol. The van der Waals surface area contributed by atoms with Gasteiger partial charge in [0, 0.05) is 53.8 Å². The maximum Gasteiger partial charge on any atom is 0.163 e. The lowest BCUT2D eigenvalue weighted by Gasteiger charge is -2.30. The van der Waals surface area contributed by atoms with Gasteiger partial charge in [0.15, 0.2) is 5.78 Å². The smallest absolute Gasteiger partial charge is 0.163 e. The molecule has 29 heavy (non-hydrogen) atoms. The number of carbonyl (C=O) groups is 1. The van der Waals surface area contributed by atoms with Crippen LogP contribution in [-0.4, -0.2) is 33.5 Å². The first-order valence-electron chi connectivity index (χ1n) is 9.92. The summed E-state index contributed by atoms with van der Waals surface area (Å²) in [6.45, 7) is 6.56. The number of fused-ring (bicyclic) bond motifs is 6. The maximum atomic E-state index is 12.4. The monoisotopic (exact) mass is 389 g/mol. The topological polar surface area (TPSA) is 60.5 Å². The minimum Gasteiger partial charge on any atom is -0.477 e. The van der Waals surface area contributed by atoms with Crippen LogP contribution in [0.3, 0.4) is 0 Å². The number of ether oxygens (including phenoxy) is 1. The summed E-state index contributed by atoms with van der Waals surface area (Å²) in [5.74, 6) is 1.57. The summed E-state index contributed by atoms with van der Waals surface area (Å²) in [4.78, 5) is 18.8. The van der Waals surface area contributed by atoms with Gasteiger partial charge in [-0.25, -0.2) is 4.98 Å². The third-order valence-corrected chi connectivity index (χ3v) is 5.65. The van der Waals surface area contributed by atoms with E-state index in [2.05, 4.69) is 20.5 Å². The SMILES string of the molecule is CC(=O)c1c(C)oc2c1c1c(c3ccccc32)OCN(CCCn2ccnc2)C1. The van der Waals surface area contributed by atoms with Crippen LogP contribution in [0.15, 0.2) is 47.4 Å². The van der Waals surface area contributed by atoms with Crippen molar-refractivity contribution in [3.8, 4) is 5.75 Å². The van der Waals surface area contributed by atoms with Crippen LogP contribution in [0, 0.1) is 6.92 Å². The van der Waals surface area contributed by atoms with Crippen molar-refractivity contribution in [3.05, 3.63) is 59.9 Å². The van der Waals surface area contributed by atoms with Crippen LogP contribution in [-0.2, 0) is 13.1 Å². The molecule has 2 aromatic heterocycles. The van der Waals surface area contributed by atoms with Crippen molar-refractivity contribution in [2.24, 2.45) is 0 Å². The van der Waals surface area contributed by atoms with E-state index in [1.165, 1.54) is 0 Å². The third-order valence-electron chi connectivity index (χ3n) is 5.65. The van der Waals surface area contributed by atoms with Crippen molar-refractivity contribution in [1.82, 2.24) is 14.5 Å². The number of nitrogens with zero attached hydrogens (tertiary/aromatic N) is 3. The highest BCUT2D eigenvalue weighted by atomic mass is 16.5. The fourth-order valence-corrected chi connectivity index (χ4v) is 4.38. The molecule has 0 fully saturated rings. The maximum absolute atomic E-state index is 12.4. The van der Waals surface area contributed by atoms with Crippen LogP contribution in [0.2, 0.25) is 0 Å². The van der Waals surface area contributed by atoms with Gasteiger partial charge in [-0.3, -0.25) is 9.69 Å². The number of benzene rings is 2. The van der Waals surface area contributed by atoms with Crippen LogP contribution in [0.5, 0.6) is 5.75 Å². The molecule has 0 spiro atoms. The van der Waals surface area contributed by atoms with Crippen molar-refractivity contribution < 1.29 is 13.9 Å². The second kappa shape index (κ2) is 7.04. The molecule has 1 aliphatic heterocycles. The predicted molar refractivity (Wildman–Crippen MR) is 111 cm³/mol. The summed E-state index contributed by atoms with van der Waals surface area (Å²) in [6, 6.07) is 8.10. The molecule has 0 N–H and O–H groups in total. The Morgan fingerprint density at radius 1 is 1.21 bits per heavy atom. The van der Waals surface area contributed by atoms with Crippen molar-refractivity contribution in [2.75, 3.05) is 13.3 Å². The number of hydrogen-bond donors (Lipinski definition) is 0. The first kappa shape index (κ1) is 17.9. The Labute approximate surface area is 168 Å². The molecule has 0 aliphatic carbocycles. The molecular weight excluding hydrogens is 366 g/mol. The van der Waals surface area contributed by atoms with Gasteiger partial charge in [0.05, 0.1) is 11.9 Å². The summed E-state index contributed by atoms with van der Waals surface area (Å²) in [5.41, 5.74) is 2.51. The Morgan fingerprint density at radius 2 is 2.03 bits per heavy atom. The quantitative estimate of drug-likeness (QED) is 0.469. The van der Waals surface area contributed by atoms with E-state index in [1.54, 1.807) is 13.1 Å². The van der Waals surface area contributed by atoms with Crippen LogP contribution in [0.1, 0.15) is 35.0 Å². The van der Waals surface area contributed by atoms with Crippen LogP contribution < -0.4 is 4.74 Å². The molecule has 0 saturated heterocycles. The van der Waals surface area contributed by atoms with Gasteiger partial charge in [-0.05, 0) is 20.3 Å². The van der Waals surface area contributed by atoms with Crippen LogP contribution >= 0.6 is 0 Å². The van der Waals surface area contributed by atoms with Gasteiger partial charge >= 0.3 is 0 Å². The normalized spacial score (nSPS) is 14.3. The molecule has 0 saturated carbocycles. The predicted octanol–water partition coefficient (Wildman–Crippen LogP) is 4.54. The van der Waals surface area contributed by atoms with Crippen molar-refractivity contribution in [3.63, 3.8) is 0 Å². The standard InChI is InChI=1S/C23H23N3O3/c1-15(27)20-16(2)29-23-18-7-4-3-6-17(18)22-19(21(20)23)12-26(14-28-22)10-5-9-25-11-8-24-13-25/h3-4,6-8,11,13H,5,9-10,12,14H2,1-2H3. The van der Waals surface area contributed by atoms with E-state index in [4.69, 9.17) is 9.15 Å². The largest absolute Gasteiger partial charge is 0.477 e. The van der Waals surface area contributed by atoms with Gasteiger partial charge in [-0.2, -0.15) is 0 Å². The summed E-state index contributed by atoms with van der Waals surface area (Å²) in [7, 11) is 0. The molecule has 1 aliphatic rings. The minimum absolute atomic E-state index is 0.0240. The van der Waals surface area contributed by atoms with Gasteiger partial charge in [0.1, 0.15) is 23.8 Å². The molecule has 5 rings (SSSR count). The van der Waals surface area contributed by atoms with Crippen molar-refractivity contribution in [1.29, 1.82) is 0 Å². The Hall–Kier alpha value is -3.12. The number of rotatable bonds is 5. The molecular formula is C23H23N3O3. The second-order valence-corrected chi connectivity index (χ2v) is 7.63. The number of ketones is 1. The molecule has 3 heterocycles. The van der Waals surface area contributed by atoms with E-state index in [0.29, 0.717) is 18.1 Å². The first-order valence-corrected chi connectivity index (χ1v) is 9.92. The Kier molecular flexibility index (Phi) is 4.36. The molecule has 6 heteroatoms. The Bertz CT molecular complexity index is 1210. The highest BCUT2D eigenvalue weighted by Crippen LogP contribution is 2.43. The summed E-state index contributed by atoms with van der Waals surface area (Å²) < 4.78 is 14.4. The van der Waals surface area contributed by atoms with Gasteiger partial charge in [-0.15, -0.1) is 0 Å². The molecule has 0 radical (unpaired) electrons. The molecule has 0 amide bonds. The lowest BCUT2D eigenvalue weighted by molar-refractivity contribution is 0.0954. The zero-order valence-corrected chi connectivity index (χ0v) is 16.6. The number of carbonyl (C=O) groups excluding carboxylic acids is 1. The number of Topliss-reactive ketones (excluding diaryl/α,β-unsaturated/α-hetero) is 1. The number of imidazole rings is 1. The van der Waals surface area contributed by atoms with Crippen LogP contribution in [0.25, 0.3) is 21.7 Å². The van der Waals surface area contributed by atoms with E-state index in [0.717, 1.165) is 59.1 Å². The van der Waals surface area contributed by atoms with Crippen molar-refractivity contribution in [2.45, 2.75) is 33.4 Å². The van der Waals surface area contributed by atoms with E-state index in [9.17, 15) is 4.79 Å². The average Bonchev–Trinajstić information content (AvgIpc) is 3.35. The number of aryl methyl sites for hydroxylation is 2. The van der Waals surface area contributed by atoms with Gasteiger partial charge < -0.3 is 13.7 Å². The number of hydrogen-bond acceptors (Lipinski definition) is 5. The van der Waals surface area contributed by atoms with E-state index in [1.807, 2.05) is 37.6 Å². The van der Waals surface area contributed by atoms with Gasteiger partial charge in [0.2, 0.25) is 0 Å². The number of furan rings is 1. The van der Waals surface area contributed by atoms with Crippen LogP contribution in [0.4, 0.5) is 0 Å². The fraction of sp³-hybridized carbons (Fsp3) is 0.304. The number of aromatic nitrogens is 2. The first-order chi connectivity index (χ1) is 14.1. The van der Waals surface area contributed by atoms with E-state index < -0.39 is 0 Å². The fourth-order valence-electron chi connectivity index (χ4n) is 4.38. The zero-order valence-electron chi connectivity index (χ0n) is 16.6. The summed E-state index contributed by atoms with van der Waals surface area (Å²) >= 11 is 0. The van der Waals surface area contributed by atoms with Gasteiger partial charge in [0.25, 0.3) is 0 Å². The summed E-state index contributed by atoms with van der Waals surface area (Å²) in [5, 5.41) is 2.94. The highest BCUT2D eigenvalue weighted by Gasteiger charge is 2.28. The summed E-state index contributed by atoms with van der Waals surface area (Å²) in [6.07, 6.45) is 6.61. The van der Waals surface area contributed by atoms with Gasteiger partial charge in [-0.1, -0.05) is 24.3 Å².